The average molecular weight is 507 g/mol. The van der Waals surface area contributed by atoms with E-state index in [4.69, 9.17) is 16.9 Å². The Hall–Kier alpha value is -4.32. The topological polar surface area (TPSA) is 131 Å². The van der Waals surface area contributed by atoms with Crippen molar-refractivity contribution >= 4 is 23.8 Å². The number of hydrogen-bond donors (Lipinski definition) is 3. The lowest BCUT2D eigenvalue weighted by atomic mass is 10.0. The Morgan fingerprint density at radius 1 is 1.05 bits per heavy atom. The second-order valence-corrected chi connectivity index (χ2v) is 9.56. The number of nitrogens with zero attached hydrogens (tertiary/aromatic N) is 1. The Morgan fingerprint density at radius 2 is 1.68 bits per heavy atom. The molecule has 0 aromatic heterocycles. The lowest BCUT2D eigenvalue weighted by Crippen LogP contribution is -2.51. The highest BCUT2D eigenvalue weighted by Crippen LogP contribution is 2.23. The fourth-order valence-electron chi connectivity index (χ4n) is 3.48. The molecule has 37 heavy (non-hydrogen) atoms. The second kappa shape index (κ2) is 13.1. The molecule has 196 valence electrons. The van der Waals surface area contributed by atoms with Crippen LogP contribution in [0.4, 0.5) is 4.79 Å². The third-order valence-electron chi connectivity index (χ3n) is 5.25. The Labute approximate surface area is 217 Å². The van der Waals surface area contributed by atoms with Crippen LogP contribution in [0.5, 0.6) is 0 Å². The van der Waals surface area contributed by atoms with Crippen LogP contribution in [0.15, 0.2) is 54.6 Å². The summed E-state index contributed by atoms with van der Waals surface area (Å²) in [6.07, 6.45) is 4.56. The zero-order valence-electron chi connectivity index (χ0n) is 21.6. The fraction of sp³-hybridized carbons (Fsp3) is 0.357. The van der Waals surface area contributed by atoms with E-state index in [1.54, 1.807) is 45.0 Å². The molecule has 9 heteroatoms. The molecule has 0 spiro atoms. The summed E-state index contributed by atoms with van der Waals surface area (Å²) in [6, 6.07) is 16.1. The van der Waals surface area contributed by atoms with Gasteiger partial charge in [-0.05, 0) is 45.2 Å². The molecule has 4 N–H and O–H groups in total. The molecule has 0 heterocycles. The van der Waals surface area contributed by atoms with E-state index in [0.29, 0.717) is 5.56 Å². The summed E-state index contributed by atoms with van der Waals surface area (Å²) < 4.78 is 5.26. The number of aryl methyl sites for hydroxylation is 1. The van der Waals surface area contributed by atoms with E-state index in [1.807, 2.05) is 37.3 Å². The van der Waals surface area contributed by atoms with Gasteiger partial charge in [-0.3, -0.25) is 19.3 Å². The molecule has 0 aliphatic rings. The molecule has 0 fully saturated rings. The van der Waals surface area contributed by atoms with Crippen LogP contribution in [0.1, 0.15) is 56.3 Å². The molecule has 2 unspecified atom stereocenters. The second-order valence-electron chi connectivity index (χ2n) is 9.56. The predicted molar refractivity (Wildman–Crippen MR) is 139 cm³/mol. The lowest BCUT2D eigenvalue weighted by molar-refractivity contribution is -0.139. The van der Waals surface area contributed by atoms with Gasteiger partial charge in [-0.25, -0.2) is 4.79 Å². The van der Waals surface area contributed by atoms with E-state index in [9.17, 15) is 19.2 Å². The maximum atomic E-state index is 13.6. The van der Waals surface area contributed by atoms with Gasteiger partial charge < -0.3 is 21.1 Å². The van der Waals surface area contributed by atoms with Crippen LogP contribution in [0.3, 0.4) is 0 Å². The van der Waals surface area contributed by atoms with Gasteiger partial charge in [-0.2, -0.15) is 0 Å². The number of nitrogens with two attached hydrogens (primary N) is 1. The van der Waals surface area contributed by atoms with Gasteiger partial charge in [0.25, 0.3) is 5.91 Å². The summed E-state index contributed by atoms with van der Waals surface area (Å²) in [5.74, 6) is -1.92. The number of carbonyl (C=O) groups is 4. The first-order valence-electron chi connectivity index (χ1n) is 11.9. The van der Waals surface area contributed by atoms with Crippen LogP contribution < -0.4 is 16.4 Å². The minimum Gasteiger partial charge on any atom is -0.444 e. The first kappa shape index (κ1) is 28.9. The van der Waals surface area contributed by atoms with Gasteiger partial charge in [0.05, 0.1) is 0 Å². The van der Waals surface area contributed by atoms with Gasteiger partial charge in [0.15, 0.2) is 0 Å². The monoisotopic (exact) mass is 506 g/mol. The molecule has 0 aliphatic carbocycles. The van der Waals surface area contributed by atoms with Gasteiger partial charge in [0.1, 0.15) is 17.7 Å². The molecule has 9 nitrogen and oxygen atoms in total. The molecule has 2 aromatic carbocycles. The summed E-state index contributed by atoms with van der Waals surface area (Å²) in [7, 11) is 0. The van der Waals surface area contributed by atoms with Gasteiger partial charge in [0.2, 0.25) is 11.8 Å². The number of ether oxygens (including phenoxy) is 1. The highest BCUT2D eigenvalue weighted by molar-refractivity contribution is 5.93. The SMILES string of the molecule is C#CN(C(=O)C(CCC(N)=O)NC(=O)OC(C)(C)C)C(C(=O)NCc1ccccc1)c1ccc(C)cc1. The van der Waals surface area contributed by atoms with E-state index in [0.717, 1.165) is 16.0 Å². The maximum Gasteiger partial charge on any atom is 0.408 e. The van der Waals surface area contributed by atoms with E-state index in [-0.39, 0.29) is 19.4 Å². The van der Waals surface area contributed by atoms with Crippen molar-refractivity contribution in [2.45, 2.75) is 64.8 Å². The molecule has 0 bridgehead atoms. The number of rotatable bonds is 10. The summed E-state index contributed by atoms with van der Waals surface area (Å²) in [4.78, 5) is 51.9. The Balaban J connectivity index is 2.38. The van der Waals surface area contributed by atoms with Crippen molar-refractivity contribution in [2.24, 2.45) is 5.73 Å². The van der Waals surface area contributed by atoms with Crippen LogP contribution in [0, 0.1) is 19.4 Å². The van der Waals surface area contributed by atoms with E-state index in [2.05, 4.69) is 16.7 Å². The average Bonchev–Trinajstić information content (AvgIpc) is 2.83. The fourth-order valence-corrected chi connectivity index (χ4v) is 3.48. The Kier molecular flexibility index (Phi) is 10.3. The zero-order valence-corrected chi connectivity index (χ0v) is 21.6. The molecule has 0 radical (unpaired) electrons. The van der Waals surface area contributed by atoms with Gasteiger partial charge >= 0.3 is 6.09 Å². The van der Waals surface area contributed by atoms with Crippen LogP contribution in [0.25, 0.3) is 0 Å². The molecular formula is C28H34N4O5. The Bertz CT molecular complexity index is 1130. The number of alkyl carbamates (subject to hydrolysis) is 1. The smallest absolute Gasteiger partial charge is 0.408 e. The molecule has 0 aliphatic heterocycles. The van der Waals surface area contributed by atoms with E-state index >= 15 is 0 Å². The minimum atomic E-state index is -1.26. The lowest BCUT2D eigenvalue weighted by Gasteiger charge is -2.30. The summed E-state index contributed by atoms with van der Waals surface area (Å²) in [6.45, 7) is 7.13. The quantitative estimate of drug-likeness (QED) is 0.337. The third-order valence-corrected chi connectivity index (χ3v) is 5.25. The highest BCUT2D eigenvalue weighted by Gasteiger charge is 2.36. The molecule has 2 aromatic rings. The molecule has 4 amide bonds. The number of hydrogen-bond acceptors (Lipinski definition) is 5. The van der Waals surface area contributed by atoms with Crippen LogP contribution in [-0.2, 0) is 25.7 Å². The van der Waals surface area contributed by atoms with E-state index < -0.39 is 41.5 Å². The molecule has 2 rings (SSSR count). The molecule has 2 atom stereocenters. The van der Waals surface area contributed by atoms with Crippen molar-refractivity contribution in [1.29, 1.82) is 0 Å². The summed E-state index contributed by atoms with van der Waals surface area (Å²) in [5.41, 5.74) is 6.75. The van der Waals surface area contributed by atoms with Crippen molar-refractivity contribution in [3.05, 3.63) is 71.3 Å². The zero-order chi connectivity index (χ0) is 27.6. The minimum absolute atomic E-state index is 0.127. The molecular weight excluding hydrogens is 472 g/mol. The highest BCUT2D eigenvalue weighted by atomic mass is 16.6. The maximum absolute atomic E-state index is 13.6. The molecule has 0 saturated carbocycles. The number of terminal acetylenes is 1. The van der Waals surface area contributed by atoms with Crippen molar-refractivity contribution in [3.8, 4) is 12.5 Å². The van der Waals surface area contributed by atoms with Crippen molar-refractivity contribution in [1.82, 2.24) is 15.5 Å². The standard InChI is InChI=1S/C28H34N4O5/c1-6-32(26(35)22(16-17-23(29)33)31-27(36)37-28(3,4)5)24(21-14-12-19(2)13-15-21)25(34)30-18-20-10-8-7-9-11-20/h1,7-15,22,24H,16-18H2,2-5H3,(H2,29,33)(H,30,34)(H,31,36). The van der Waals surface area contributed by atoms with Gasteiger partial charge in [0, 0.05) is 19.0 Å². The number of benzene rings is 2. The first-order valence-corrected chi connectivity index (χ1v) is 11.9. The Morgan fingerprint density at radius 3 is 2.22 bits per heavy atom. The van der Waals surface area contributed by atoms with Crippen molar-refractivity contribution in [3.63, 3.8) is 0 Å². The van der Waals surface area contributed by atoms with Crippen LogP contribution >= 0.6 is 0 Å². The number of primary amides is 1. The molecule has 0 saturated heterocycles. The van der Waals surface area contributed by atoms with Crippen LogP contribution in [0.2, 0.25) is 0 Å². The van der Waals surface area contributed by atoms with Gasteiger partial charge in [-0.1, -0.05) is 66.6 Å². The van der Waals surface area contributed by atoms with Crippen molar-refractivity contribution < 1.29 is 23.9 Å². The van der Waals surface area contributed by atoms with Crippen molar-refractivity contribution in [2.75, 3.05) is 0 Å². The van der Waals surface area contributed by atoms with Gasteiger partial charge in [-0.15, -0.1) is 0 Å². The largest absolute Gasteiger partial charge is 0.444 e. The normalized spacial score (nSPS) is 12.4. The number of carbonyl (C=O) groups excluding carboxylic acids is 4. The third kappa shape index (κ3) is 9.33. The van der Waals surface area contributed by atoms with E-state index in [1.165, 1.54) is 0 Å². The predicted octanol–water partition coefficient (Wildman–Crippen LogP) is 2.93. The first-order chi connectivity index (χ1) is 17.4. The van der Waals surface area contributed by atoms with Crippen LogP contribution in [-0.4, -0.2) is 40.4 Å². The summed E-state index contributed by atoms with van der Waals surface area (Å²) >= 11 is 0. The number of nitrogens with one attached hydrogen (secondary N) is 2. The summed E-state index contributed by atoms with van der Waals surface area (Å²) in [5, 5.41) is 5.30. The number of amides is 4.